The van der Waals surface area contributed by atoms with Gasteiger partial charge in [0.05, 0.1) is 6.54 Å². The number of aliphatic imine (C=N–C) groups is 1. The fraction of sp³-hybridized carbons (Fsp3) is 0.696. The van der Waals surface area contributed by atoms with Crippen LogP contribution in [0.2, 0.25) is 0 Å². The van der Waals surface area contributed by atoms with Crippen molar-refractivity contribution < 1.29 is 4.39 Å². The number of likely N-dealkylation sites (tertiary alicyclic amines) is 2. The fourth-order valence-corrected chi connectivity index (χ4v) is 4.52. The molecular formula is C23H39FIN5. The summed E-state index contributed by atoms with van der Waals surface area (Å²) in [6.45, 7) is 9.33. The highest BCUT2D eigenvalue weighted by atomic mass is 127. The molecule has 0 aromatic heterocycles. The summed E-state index contributed by atoms with van der Waals surface area (Å²) < 4.78 is 13.1. The van der Waals surface area contributed by atoms with Crippen LogP contribution < -0.4 is 10.6 Å². The molecule has 0 unspecified atom stereocenters. The van der Waals surface area contributed by atoms with Crippen LogP contribution in [0, 0.1) is 5.82 Å². The van der Waals surface area contributed by atoms with E-state index in [9.17, 15) is 4.39 Å². The van der Waals surface area contributed by atoms with E-state index >= 15 is 0 Å². The summed E-state index contributed by atoms with van der Waals surface area (Å²) in [5, 5.41) is 6.86. The molecule has 2 heterocycles. The van der Waals surface area contributed by atoms with E-state index in [-0.39, 0.29) is 35.3 Å². The second-order valence-corrected chi connectivity index (χ2v) is 8.57. The van der Waals surface area contributed by atoms with Crippen molar-refractivity contribution in [1.29, 1.82) is 0 Å². The molecule has 0 atom stereocenters. The first kappa shape index (κ1) is 25.3. The van der Waals surface area contributed by atoms with E-state index in [4.69, 9.17) is 4.99 Å². The van der Waals surface area contributed by atoms with Crippen LogP contribution >= 0.6 is 24.0 Å². The quantitative estimate of drug-likeness (QED) is 0.321. The summed E-state index contributed by atoms with van der Waals surface area (Å²) in [5.41, 5.74) is 1.33. The van der Waals surface area contributed by atoms with Gasteiger partial charge in [0.15, 0.2) is 5.96 Å². The number of piperidine rings is 2. The van der Waals surface area contributed by atoms with Gasteiger partial charge in [0.2, 0.25) is 0 Å². The summed E-state index contributed by atoms with van der Waals surface area (Å²) in [7, 11) is 2.23. The number of guanidine groups is 1. The fourth-order valence-electron chi connectivity index (χ4n) is 4.52. The molecule has 3 rings (SSSR count). The third-order valence-electron chi connectivity index (χ3n) is 6.44. The minimum absolute atomic E-state index is 0. The van der Waals surface area contributed by atoms with E-state index < -0.39 is 0 Å². The van der Waals surface area contributed by atoms with Gasteiger partial charge in [-0.15, -0.1) is 24.0 Å². The van der Waals surface area contributed by atoms with Gasteiger partial charge in [0.25, 0.3) is 0 Å². The lowest BCUT2D eigenvalue weighted by atomic mass is 9.84. The third kappa shape index (κ3) is 7.34. The van der Waals surface area contributed by atoms with Gasteiger partial charge in [0, 0.05) is 18.6 Å². The third-order valence-corrected chi connectivity index (χ3v) is 6.44. The Bertz CT molecular complexity index is 637. The van der Waals surface area contributed by atoms with Crippen LogP contribution in [-0.2, 0) is 6.42 Å². The molecule has 170 valence electrons. The van der Waals surface area contributed by atoms with Gasteiger partial charge in [-0.2, -0.15) is 0 Å². The lowest BCUT2D eigenvalue weighted by Gasteiger charge is -2.49. The highest BCUT2D eigenvalue weighted by Gasteiger charge is 2.39. The van der Waals surface area contributed by atoms with Crippen LogP contribution in [-0.4, -0.2) is 74.2 Å². The number of hydrogen-bond acceptors (Lipinski definition) is 3. The first-order chi connectivity index (χ1) is 14.1. The van der Waals surface area contributed by atoms with Crippen LogP contribution in [0.4, 0.5) is 4.39 Å². The number of rotatable bonds is 7. The number of nitrogens with zero attached hydrogens (tertiary/aromatic N) is 3. The maximum Gasteiger partial charge on any atom is 0.191 e. The Labute approximate surface area is 198 Å². The van der Waals surface area contributed by atoms with E-state index in [0.717, 1.165) is 50.7 Å². The molecule has 0 amide bonds. The highest BCUT2D eigenvalue weighted by Crippen LogP contribution is 2.31. The van der Waals surface area contributed by atoms with Crippen molar-refractivity contribution in [2.45, 2.75) is 51.0 Å². The second-order valence-electron chi connectivity index (χ2n) is 8.57. The van der Waals surface area contributed by atoms with Gasteiger partial charge in [-0.05, 0) is 90.0 Å². The van der Waals surface area contributed by atoms with Crippen molar-refractivity contribution in [2.75, 3.05) is 52.9 Å². The van der Waals surface area contributed by atoms with E-state index in [1.807, 2.05) is 12.1 Å². The maximum absolute atomic E-state index is 13.1. The topological polar surface area (TPSA) is 42.9 Å². The van der Waals surface area contributed by atoms with E-state index in [2.05, 4.69) is 34.4 Å². The average molecular weight is 532 g/mol. The smallest absolute Gasteiger partial charge is 0.191 e. The van der Waals surface area contributed by atoms with Crippen LogP contribution in [0.15, 0.2) is 29.3 Å². The monoisotopic (exact) mass is 531 g/mol. The Hall–Kier alpha value is -0.930. The van der Waals surface area contributed by atoms with E-state index in [1.165, 1.54) is 57.3 Å². The van der Waals surface area contributed by atoms with Gasteiger partial charge in [0.1, 0.15) is 5.82 Å². The molecule has 0 bridgehead atoms. The molecule has 30 heavy (non-hydrogen) atoms. The zero-order valence-corrected chi connectivity index (χ0v) is 21.0. The molecule has 2 fully saturated rings. The average Bonchev–Trinajstić information content (AvgIpc) is 2.75. The first-order valence-electron chi connectivity index (χ1n) is 11.3. The van der Waals surface area contributed by atoms with Gasteiger partial charge < -0.3 is 15.5 Å². The molecule has 0 aliphatic carbocycles. The Morgan fingerprint density at radius 2 is 1.70 bits per heavy atom. The van der Waals surface area contributed by atoms with Crippen molar-refractivity contribution in [3.8, 4) is 0 Å². The minimum Gasteiger partial charge on any atom is -0.357 e. The molecule has 0 saturated carbocycles. The molecule has 7 heteroatoms. The Kier molecular flexibility index (Phi) is 10.8. The van der Waals surface area contributed by atoms with Gasteiger partial charge in [-0.1, -0.05) is 18.6 Å². The molecule has 5 nitrogen and oxygen atoms in total. The predicted octanol–water partition coefficient (Wildman–Crippen LogP) is 3.49. The van der Waals surface area contributed by atoms with Crippen molar-refractivity contribution >= 4 is 29.9 Å². The standard InChI is InChI=1S/C23H38FN5.HI/c1-3-25-22(26-14-11-20-7-9-21(24)10-8-20)27-19-23(12-17-28(2)18-13-23)29-15-5-4-6-16-29;/h7-10H,3-6,11-19H2,1-2H3,(H2,25,26,27);1H. The first-order valence-corrected chi connectivity index (χ1v) is 11.3. The van der Waals surface area contributed by atoms with E-state index in [0.29, 0.717) is 0 Å². The second kappa shape index (κ2) is 12.8. The number of hydrogen-bond donors (Lipinski definition) is 2. The van der Waals surface area contributed by atoms with Crippen LogP contribution in [0.3, 0.4) is 0 Å². The molecule has 0 radical (unpaired) electrons. The predicted molar refractivity (Wildman–Crippen MR) is 134 cm³/mol. The molecule has 1 aromatic rings. The lowest BCUT2D eigenvalue weighted by molar-refractivity contribution is 0.0208. The summed E-state index contributed by atoms with van der Waals surface area (Å²) in [6.07, 6.45) is 7.24. The zero-order valence-electron chi connectivity index (χ0n) is 18.6. The largest absolute Gasteiger partial charge is 0.357 e. The van der Waals surface area contributed by atoms with E-state index in [1.54, 1.807) is 0 Å². The Morgan fingerprint density at radius 1 is 1.03 bits per heavy atom. The van der Waals surface area contributed by atoms with Crippen LogP contribution in [0.25, 0.3) is 0 Å². The number of halogens is 2. The van der Waals surface area contributed by atoms with Crippen molar-refractivity contribution in [3.63, 3.8) is 0 Å². The molecular weight excluding hydrogens is 492 g/mol. The highest BCUT2D eigenvalue weighted by molar-refractivity contribution is 14.0. The summed E-state index contributed by atoms with van der Waals surface area (Å²) >= 11 is 0. The summed E-state index contributed by atoms with van der Waals surface area (Å²) in [5.74, 6) is 0.711. The van der Waals surface area contributed by atoms with Gasteiger partial charge in [-0.25, -0.2) is 4.39 Å². The van der Waals surface area contributed by atoms with Gasteiger partial charge >= 0.3 is 0 Å². The van der Waals surface area contributed by atoms with Crippen LogP contribution in [0.5, 0.6) is 0 Å². The number of benzene rings is 1. The van der Waals surface area contributed by atoms with Gasteiger partial charge in [-0.3, -0.25) is 9.89 Å². The minimum atomic E-state index is -0.183. The van der Waals surface area contributed by atoms with Crippen molar-refractivity contribution in [2.24, 2.45) is 4.99 Å². The Balaban J connectivity index is 0.00000320. The number of nitrogens with one attached hydrogen (secondary N) is 2. The van der Waals surface area contributed by atoms with Crippen LogP contribution in [0.1, 0.15) is 44.6 Å². The maximum atomic E-state index is 13.1. The lowest BCUT2D eigenvalue weighted by Crippen LogP contribution is -2.58. The van der Waals surface area contributed by atoms with Crippen molar-refractivity contribution in [1.82, 2.24) is 20.4 Å². The molecule has 2 aliphatic heterocycles. The molecule has 2 N–H and O–H groups in total. The molecule has 0 spiro atoms. The SMILES string of the molecule is CCNC(=NCC1(N2CCCCC2)CCN(C)CC1)NCCc1ccc(F)cc1.I. The normalized spacial score (nSPS) is 20.4. The molecule has 2 aliphatic rings. The molecule has 1 aromatic carbocycles. The molecule has 2 saturated heterocycles. The summed E-state index contributed by atoms with van der Waals surface area (Å²) in [6, 6.07) is 6.75. The Morgan fingerprint density at radius 3 is 2.33 bits per heavy atom. The summed E-state index contributed by atoms with van der Waals surface area (Å²) in [4.78, 5) is 10.2. The zero-order chi connectivity index (χ0) is 20.5. The van der Waals surface area contributed by atoms with Crippen molar-refractivity contribution in [3.05, 3.63) is 35.6 Å².